The molecule has 0 heterocycles. The molecule has 2 aromatic carbocycles. The van der Waals surface area contributed by atoms with Gasteiger partial charge in [-0.05, 0) is 72.9 Å². The van der Waals surface area contributed by atoms with E-state index in [-0.39, 0.29) is 30.9 Å². The van der Waals surface area contributed by atoms with Crippen LogP contribution in [0.15, 0.2) is 60.7 Å². The van der Waals surface area contributed by atoms with E-state index < -0.39 is 12.1 Å². The van der Waals surface area contributed by atoms with Gasteiger partial charge in [0, 0.05) is 5.57 Å². The standard InChI is InChI=1S/C30H36O7/c1-19(2)26-15-6-21(5)18-27(26)37-29(32)24-9-7-22(8-10-24)23-11-13-25(14-12-23)36-30(33)35-17-16-34-28(31)20(3)4/h7-14,19,21,26-27H,3,6,15-18H2,1-2,4-5H3. The minimum atomic E-state index is -0.894. The number of benzene rings is 2. The van der Waals surface area contributed by atoms with Crippen LogP contribution >= 0.6 is 0 Å². The third-order valence-electron chi connectivity index (χ3n) is 6.61. The maximum atomic E-state index is 12.8. The van der Waals surface area contributed by atoms with Crippen LogP contribution in [0.25, 0.3) is 11.1 Å². The molecule has 3 unspecified atom stereocenters. The zero-order valence-electron chi connectivity index (χ0n) is 22.0. The summed E-state index contributed by atoms with van der Waals surface area (Å²) >= 11 is 0. The molecular formula is C30H36O7. The van der Waals surface area contributed by atoms with Gasteiger partial charge in [0.1, 0.15) is 25.1 Å². The molecule has 0 radical (unpaired) electrons. The van der Waals surface area contributed by atoms with Gasteiger partial charge in [0.2, 0.25) is 0 Å². The third kappa shape index (κ3) is 8.20. The minimum Gasteiger partial charge on any atom is -0.459 e. The average Bonchev–Trinajstić information content (AvgIpc) is 2.87. The van der Waals surface area contributed by atoms with Crippen molar-refractivity contribution < 1.29 is 33.3 Å². The molecule has 7 heteroatoms. The molecule has 1 aliphatic carbocycles. The lowest BCUT2D eigenvalue weighted by molar-refractivity contribution is -0.140. The fourth-order valence-electron chi connectivity index (χ4n) is 4.48. The van der Waals surface area contributed by atoms with Gasteiger partial charge in [-0.2, -0.15) is 0 Å². The van der Waals surface area contributed by atoms with Crippen LogP contribution in [0.4, 0.5) is 4.79 Å². The Labute approximate surface area is 218 Å². The minimum absolute atomic E-state index is 0.0403. The summed E-state index contributed by atoms with van der Waals surface area (Å²) in [6.45, 7) is 11.4. The number of carbonyl (C=O) groups excluding carboxylic acids is 3. The zero-order chi connectivity index (χ0) is 26.9. The van der Waals surface area contributed by atoms with Gasteiger partial charge < -0.3 is 18.9 Å². The summed E-state index contributed by atoms with van der Waals surface area (Å²) < 4.78 is 20.8. The van der Waals surface area contributed by atoms with E-state index in [1.165, 1.54) is 13.3 Å². The molecule has 0 saturated heterocycles. The summed E-state index contributed by atoms with van der Waals surface area (Å²) in [5, 5.41) is 0. The molecule has 0 spiro atoms. The summed E-state index contributed by atoms with van der Waals surface area (Å²) in [4.78, 5) is 35.9. The molecule has 0 bridgehead atoms. The van der Waals surface area contributed by atoms with E-state index in [2.05, 4.69) is 27.4 Å². The van der Waals surface area contributed by atoms with Gasteiger partial charge in [-0.1, -0.05) is 58.0 Å². The molecule has 1 aliphatic rings. The summed E-state index contributed by atoms with van der Waals surface area (Å²) in [7, 11) is 0. The summed E-state index contributed by atoms with van der Waals surface area (Å²) in [6, 6.07) is 14.2. The van der Waals surface area contributed by atoms with Crippen molar-refractivity contribution in [1.82, 2.24) is 0 Å². The van der Waals surface area contributed by atoms with Crippen LogP contribution in [-0.2, 0) is 19.0 Å². The Morgan fingerprint density at radius 2 is 1.51 bits per heavy atom. The molecule has 0 aliphatic heterocycles. The number of hydrogen-bond acceptors (Lipinski definition) is 7. The molecule has 0 amide bonds. The Morgan fingerprint density at radius 1 is 0.919 bits per heavy atom. The van der Waals surface area contributed by atoms with E-state index in [1.54, 1.807) is 36.4 Å². The Kier molecular flexibility index (Phi) is 9.89. The number of esters is 2. The molecule has 0 N–H and O–H groups in total. The van der Waals surface area contributed by atoms with Gasteiger partial charge in [0.15, 0.2) is 0 Å². The molecule has 198 valence electrons. The summed E-state index contributed by atoms with van der Waals surface area (Å²) in [5.74, 6) is 0.929. The first-order chi connectivity index (χ1) is 17.6. The van der Waals surface area contributed by atoms with Crippen LogP contribution < -0.4 is 4.74 Å². The molecule has 1 fully saturated rings. The Bertz CT molecular complexity index is 1090. The topological polar surface area (TPSA) is 88.1 Å². The number of carbonyl (C=O) groups is 3. The van der Waals surface area contributed by atoms with Gasteiger partial charge in [-0.3, -0.25) is 0 Å². The first-order valence-electron chi connectivity index (χ1n) is 12.7. The van der Waals surface area contributed by atoms with Gasteiger partial charge in [0.05, 0.1) is 5.56 Å². The van der Waals surface area contributed by atoms with Crippen LogP contribution in [0.2, 0.25) is 0 Å². The molecule has 0 aromatic heterocycles. The van der Waals surface area contributed by atoms with Gasteiger partial charge in [-0.15, -0.1) is 0 Å². The lowest BCUT2D eigenvalue weighted by atomic mass is 9.75. The Balaban J connectivity index is 1.51. The van der Waals surface area contributed by atoms with E-state index in [9.17, 15) is 14.4 Å². The molecule has 3 atom stereocenters. The van der Waals surface area contributed by atoms with E-state index in [0.29, 0.717) is 29.1 Å². The highest BCUT2D eigenvalue weighted by molar-refractivity contribution is 5.90. The second kappa shape index (κ2) is 13.1. The van der Waals surface area contributed by atoms with E-state index in [0.717, 1.165) is 24.0 Å². The molecule has 1 saturated carbocycles. The van der Waals surface area contributed by atoms with Crippen molar-refractivity contribution in [2.24, 2.45) is 17.8 Å². The van der Waals surface area contributed by atoms with Crippen LogP contribution in [0.3, 0.4) is 0 Å². The highest BCUT2D eigenvalue weighted by Gasteiger charge is 2.33. The smallest absolute Gasteiger partial charge is 0.459 e. The van der Waals surface area contributed by atoms with Crippen LogP contribution in [0, 0.1) is 17.8 Å². The predicted molar refractivity (Wildman–Crippen MR) is 140 cm³/mol. The van der Waals surface area contributed by atoms with E-state index in [1.807, 2.05) is 12.1 Å². The Hall–Kier alpha value is -3.61. The molecule has 37 heavy (non-hydrogen) atoms. The molecule has 7 nitrogen and oxygen atoms in total. The van der Waals surface area contributed by atoms with Crippen molar-refractivity contribution >= 4 is 18.1 Å². The fourth-order valence-corrected chi connectivity index (χ4v) is 4.48. The second-order valence-electron chi connectivity index (χ2n) is 9.99. The fraction of sp³-hybridized carbons (Fsp3) is 0.433. The van der Waals surface area contributed by atoms with Crippen LogP contribution in [0.1, 0.15) is 57.3 Å². The molecule has 2 aromatic rings. The predicted octanol–water partition coefficient (Wildman–Crippen LogP) is 6.61. The van der Waals surface area contributed by atoms with Crippen molar-refractivity contribution in [3.05, 3.63) is 66.2 Å². The largest absolute Gasteiger partial charge is 0.513 e. The third-order valence-corrected chi connectivity index (χ3v) is 6.61. The van der Waals surface area contributed by atoms with E-state index in [4.69, 9.17) is 18.9 Å². The first-order valence-corrected chi connectivity index (χ1v) is 12.7. The molecular weight excluding hydrogens is 472 g/mol. The Morgan fingerprint density at radius 3 is 2.11 bits per heavy atom. The number of ether oxygens (including phenoxy) is 4. The van der Waals surface area contributed by atoms with Gasteiger partial charge in [-0.25, -0.2) is 14.4 Å². The average molecular weight is 509 g/mol. The van der Waals surface area contributed by atoms with Crippen molar-refractivity contribution in [3.8, 4) is 16.9 Å². The van der Waals surface area contributed by atoms with Gasteiger partial charge >= 0.3 is 18.1 Å². The first kappa shape index (κ1) is 28.0. The SMILES string of the molecule is C=C(C)C(=O)OCCOC(=O)Oc1ccc(-c2ccc(C(=O)OC3CC(C)CCC3C(C)C)cc2)cc1. The maximum absolute atomic E-state index is 12.8. The quantitative estimate of drug-likeness (QED) is 0.124. The lowest BCUT2D eigenvalue weighted by Gasteiger charge is -2.36. The highest BCUT2D eigenvalue weighted by atomic mass is 16.7. The van der Waals surface area contributed by atoms with Crippen LogP contribution in [0.5, 0.6) is 5.75 Å². The van der Waals surface area contributed by atoms with Gasteiger partial charge in [0.25, 0.3) is 0 Å². The number of hydrogen-bond donors (Lipinski definition) is 0. The van der Waals surface area contributed by atoms with Crippen molar-refractivity contribution in [3.63, 3.8) is 0 Å². The summed E-state index contributed by atoms with van der Waals surface area (Å²) in [5.41, 5.74) is 2.61. The van der Waals surface area contributed by atoms with Crippen molar-refractivity contribution in [2.45, 2.75) is 53.1 Å². The highest BCUT2D eigenvalue weighted by Crippen LogP contribution is 2.35. The summed E-state index contributed by atoms with van der Waals surface area (Å²) in [6.07, 6.45) is 2.26. The lowest BCUT2D eigenvalue weighted by Crippen LogP contribution is -2.35. The van der Waals surface area contributed by atoms with Crippen LogP contribution in [-0.4, -0.2) is 37.4 Å². The normalized spacial score (nSPS) is 19.1. The zero-order valence-corrected chi connectivity index (χ0v) is 22.0. The van der Waals surface area contributed by atoms with E-state index >= 15 is 0 Å². The second-order valence-corrected chi connectivity index (χ2v) is 9.99. The molecule has 3 rings (SSSR count). The van der Waals surface area contributed by atoms with Crippen molar-refractivity contribution in [2.75, 3.05) is 13.2 Å². The number of rotatable bonds is 9. The van der Waals surface area contributed by atoms with Crippen molar-refractivity contribution in [1.29, 1.82) is 0 Å². The maximum Gasteiger partial charge on any atom is 0.513 e. The monoisotopic (exact) mass is 508 g/mol.